The molecule has 26 heavy (non-hydrogen) atoms. The molecule has 0 spiro atoms. The van der Waals surface area contributed by atoms with Gasteiger partial charge in [0.15, 0.2) is 0 Å². The number of fused-ring (bicyclic) bond motifs is 3. The fraction of sp³-hybridized carbons (Fsp3) is 0.500. The highest BCUT2D eigenvalue weighted by Gasteiger charge is 2.21. The van der Waals surface area contributed by atoms with Crippen molar-refractivity contribution in [2.45, 2.75) is 60.0 Å². The summed E-state index contributed by atoms with van der Waals surface area (Å²) in [7, 11) is 2.22. The van der Waals surface area contributed by atoms with Crippen molar-refractivity contribution in [3.63, 3.8) is 0 Å². The fourth-order valence-electron chi connectivity index (χ4n) is 3.77. The van der Waals surface area contributed by atoms with Crippen molar-refractivity contribution in [1.82, 2.24) is 9.47 Å². The van der Waals surface area contributed by atoms with Crippen molar-refractivity contribution in [2.75, 3.05) is 13.6 Å². The third kappa shape index (κ3) is 4.88. The molecule has 1 aromatic carbocycles. The summed E-state index contributed by atoms with van der Waals surface area (Å²) in [6.45, 7) is 15.8. The average molecular weight is 353 g/mol. The van der Waals surface area contributed by atoms with Crippen LogP contribution in [0.15, 0.2) is 43.0 Å². The molecule has 2 nitrogen and oxygen atoms in total. The van der Waals surface area contributed by atoms with E-state index in [9.17, 15) is 0 Å². The highest BCUT2D eigenvalue weighted by atomic mass is 15.1. The van der Waals surface area contributed by atoms with Crippen molar-refractivity contribution < 1.29 is 0 Å². The SMILES string of the molecule is C=CCC(C)/C=C\CC.CCn1c2c(c3cc(C)ccc31)CN(C)CC2. The van der Waals surface area contributed by atoms with Gasteiger partial charge in [-0.15, -0.1) is 6.58 Å². The van der Waals surface area contributed by atoms with Crippen molar-refractivity contribution in [2.24, 2.45) is 5.92 Å². The van der Waals surface area contributed by atoms with Gasteiger partial charge in [0.05, 0.1) is 0 Å². The van der Waals surface area contributed by atoms with E-state index in [0.29, 0.717) is 5.92 Å². The first kappa shape index (κ1) is 20.5. The Labute approximate surface area is 160 Å². The minimum atomic E-state index is 0.669. The van der Waals surface area contributed by atoms with E-state index >= 15 is 0 Å². The molecular formula is C24H36N2. The quantitative estimate of drug-likeness (QED) is 0.588. The van der Waals surface area contributed by atoms with E-state index in [4.69, 9.17) is 0 Å². The highest BCUT2D eigenvalue weighted by Crippen LogP contribution is 2.31. The van der Waals surface area contributed by atoms with Gasteiger partial charge in [-0.25, -0.2) is 0 Å². The number of benzene rings is 1. The Kier molecular flexibility index (Phi) is 7.71. The van der Waals surface area contributed by atoms with Crippen LogP contribution >= 0.6 is 0 Å². The minimum Gasteiger partial charge on any atom is -0.344 e. The van der Waals surface area contributed by atoms with Crippen LogP contribution < -0.4 is 0 Å². The lowest BCUT2D eigenvalue weighted by atomic mass is 10.0. The molecule has 1 aromatic heterocycles. The van der Waals surface area contributed by atoms with Gasteiger partial charge < -0.3 is 9.47 Å². The van der Waals surface area contributed by atoms with E-state index in [-0.39, 0.29) is 0 Å². The summed E-state index contributed by atoms with van der Waals surface area (Å²) in [5.74, 6) is 0.669. The number of hydrogen-bond donors (Lipinski definition) is 0. The Bertz CT molecular complexity index is 751. The Morgan fingerprint density at radius 2 is 2.04 bits per heavy atom. The lowest BCUT2D eigenvalue weighted by Gasteiger charge is -2.24. The van der Waals surface area contributed by atoms with Gasteiger partial charge in [-0.3, -0.25) is 0 Å². The van der Waals surface area contributed by atoms with Gasteiger partial charge in [-0.1, -0.05) is 43.7 Å². The van der Waals surface area contributed by atoms with Gasteiger partial charge in [-0.05, 0) is 57.4 Å². The fourth-order valence-corrected chi connectivity index (χ4v) is 3.77. The van der Waals surface area contributed by atoms with Crippen LogP contribution in [0.1, 0.15) is 50.4 Å². The first-order valence-electron chi connectivity index (χ1n) is 10.1. The molecular weight excluding hydrogens is 316 g/mol. The van der Waals surface area contributed by atoms with Crippen LogP contribution in [-0.4, -0.2) is 23.1 Å². The summed E-state index contributed by atoms with van der Waals surface area (Å²) in [5.41, 5.74) is 5.89. The van der Waals surface area contributed by atoms with Crippen LogP contribution in [0, 0.1) is 12.8 Å². The summed E-state index contributed by atoms with van der Waals surface area (Å²) in [5, 5.41) is 1.47. The number of allylic oxidation sites excluding steroid dienone is 3. The van der Waals surface area contributed by atoms with E-state index < -0.39 is 0 Å². The molecule has 0 saturated heterocycles. The number of aromatic nitrogens is 1. The number of likely N-dealkylation sites (N-methyl/N-ethyl adjacent to an activating group) is 1. The number of rotatable bonds is 5. The van der Waals surface area contributed by atoms with Gasteiger partial charge in [0, 0.05) is 42.7 Å². The maximum atomic E-state index is 3.67. The molecule has 0 N–H and O–H groups in total. The zero-order valence-corrected chi connectivity index (χ0v) is 17.4. The monoisotopic (exact) mass is 352 g/mol. The van der Waals surface area contributed by atoms with E-state index in [2.05, 4.69) is 81.1 Å². The number of hydrogen-bond acceptors (Lipinski definition) is 1. The van der Waals surface area contributed by atoms with Crippen LogP contribution in [0.5, 0.6) is 0 Å². The summed E-state index contributed by atoms with van der Waals surface area (Å²) < 4.78 is 2.50. The van der Waals surface area contributed by atoms with Crippen LogP contribution in [0.25, 0.3) is 10.9 Å². The molecule has 1 atom stereocenters. The zero-order valence-electron chi connectivity index (χ0n) is 17.4. The summed E-state index contributed by atoms with van der Waals surface area (Å²) in [4.78, 5) is 2.42. The lowest BCUT2D eigenvalue weighted by molar-refractivity contribution is 0.309. The number of aryl methyl sites for hydroxylation is 2. The van der Waals surface area contributed by atoms with E-state index in [0.717, 1.165) is 25.9 Å². The second-order valence-electron chi connectivity index (χ2n) is 7.52. The predicted molar refractivity (Wildman–Crippen MR) is 116 cm³/mol. The smallest absolute Gasteiger partial charge is 0.0485 e. The van der Waals surface area contributed by atoms with Crippen LogP contribution in [-0.2, 0) is 19.5 Å². The first-order valence-corrected chi connectivity index (χ1v) is 10.1. The van der Waals surface area contributed by atoms with Crippen molar-refractivity contribution in [3.05, 3.63) is 59.8 Å². The van der Waals surface area contributed by atoms with E-state index in [1.807, 2.05) is 6.08 Å². The molecule has 1 aliphatic heterocycles. The highest BCUT2D eigenvalue weighted by molar-refractivity contribution is 5.86. The molecule has 0 fully saturated rings. The number of nitrogens with zero attached hydrogens (tertiary/aromatic N) is 2. The lowest BCUT2D eigenvalue weighted by Crippen LogP contribution is -2.27. The van der Waals surface area contributed by atoms with Gasteiger partial charge in [0.25, 0.3) is 0 Å². The van der Waals surface area contributed by atoms with Gasteiger partial charge >= 0.3 is 0 Å². The normalized spacial score (nSPS) is 15.6. The van der Waals surface area contributed by atoms with Crippen LogP contribution in [0.4, 0.5) is 0 Å². The molecule has 142 valence electrons. The molecule has 2 heteroatoms. The van der Waals surface area contributed by atoms with Crippen LogP contribution in [0.2, 0.25) is 0 Å². The van der Waals surface area contributed by atoms with Crippen molar-refractivity contribution >= 4 is 10.9 Å². The topological polar surface area (TPSA) is 8.17 Å². The third-order valence-electron chi connectivity index (χ3n) is 5.16. The molecule has 0 bridgehead atoms. The van der Waals surface area contributed by atoms with Gasteiger partial charge in [0.2, 0.25) is 0 Å². The van der Waals surface area contributed by atoms with Crippen LogP contribution in [0.3, 0.4) is 0 Å². The Balaban J connectivity index is 0.000000232. The molecule has 2 aromatic rings. The van der Waals surface area contributed by atoms with Crippen molar-refractivity contribution in [3.8, 4) is 0 Å². The Morgan fingerprint density at radius 1 is 1.27 bits per heavy atom. The second-order valence-corrected chi connectivity index (χ2v) is 7.52. The molecule has 1 unspecified atom stereocenters. The molecule has 0 radical (unpaired) electrons. The molecule has 1 aliphatic rings. The standard InChI is InChI=1S/C15H20N2.C9H16/c1-4-17-14-6-5-11(2)9-12(14)13-10-16(3)8-7-15(13)17;1-4-6-8-9(3)7-5-2/h5-6,9H,4,7-8,10H2,1-3H3;5-6,8-9H,2,4,7H2,1,3H3/b;8-6-. The first-order chi connectivity index (χ1) is 12.5. The Morgan fingerprint density at radius 3 is 2.69 bits per heavy atom. The largest absolute Gasteiger partial charge is 0.344 e. The molecule has 3 rings (SSSR count). The van der Waals surface area contributed by atoms with E-state index in [1.54, 1.807) is 11.3 Å². The molecule has 2 heterocycles. The third-order valence-corrected chi connectivity index (χ3v) is 5.16. The zero-order chi connectivity index (χ0) is 19.1. The summed E-state index contributed by atoms with van der Waals surface area (Å²) in [6, 6.07) is 6.86. The van der Waals surface area contributed by atoms with Gasteiger partial charge in [-0.2, -0.15) is 0 Å². The maximum Gasteiger partial charge on any atom is 0.0485 e. The molecule has 0 aliphatic carbocycles. The van der Waals surface area contributed by atoms with Gasteiger partial charge in [0.1, 0.15) is 0 Å². The molecule has 0 saturated carbocycles. The second kappa shape index (κ2) is 9.78. The predicted octanol–water partition coefficient (Wildman–Crippen LogP) is 6.12. The maximum absolute atomic E-state index is 3.67. The summed E-state index contributed by atoms with van der Waals surface area (Å²) in [6.07, 6.45) is 9.83. The van der Waals surface area contributed by atoms with Crippen molar-refractivity contribution in [1.29, 1.82) is 0 Å². The van der Waals surface area contributed by atoms with E-state index in [1.165, 1.54) is 29.4 Å². The average Bonchev–Trinajstić information content (AvgIpc) is 2.93. The molecule has 0 amide bonds. The Hall–Kier alpha value is -1.80. The summed E-state index contributed by atoms with van der Waals surface area (Å²) >= 11 is 0. The minimum absolute atomic E-state index is 0.669.